The third kappa shape index (κ3) is 9.08. The summed E-state index contributed by atoms with van der Waals surface area (Å²) in [7, 11) is -2.45. The lowest BCUT2D eigenvalue weighted by atomic mass is 10.0. The number of benzene rings is 3. The average molecular weight is 580 g/mol. The molecule has 0 aromatic heterocycles. The van der Waals surface area contributed by atoms with Gasteiger partial charge in [0.1, 0.15) is 18.3 Å². The van der Waals surface area contributed by atoms with Gasteiger partial charge in [0.25, 0.3) is 0 Å². The molecule has 0 aliphatic rings. The van der Waals surface area contributed by atoms with Crippen molar-refractivity contribution < 1.29 is 22.7 Å². The number of aryl methyl sites for hydroxylation is 2. The molecule has 8 nitrogen and oxygen atoms in total. The SMILES string of the molecule is COc1ccc(C)cc1N(CC(=O)N(Cc1cccc(C)c1)C(Cc1ccccc1)C(=O)NC(C)(C)C)S(C)(=O)=O. The maximum absolute atomic E-state index is 14.2. The summed E-state index contributed by atoms with van der Waals surface area (Å²) in [5.74, 6) is -0.503. The minimum atomic E-state index is -3.90. The Hall–Kier alpha value is -3.85. The fourth-order valence-electron chi connectivity index (χ4n) is 4.60. The first-order chi connectivity index (χ1) is 19.2. The molecule has 3 aromatic carbocycles. The van der Waals surface area contributed by atoms with E-state index in [-0.39, 0.29) is 24.6 Å². The number of hydrogen-bond donors (Lipinski definition) is 1. The summed E-state index contributed by atoms with van der Waals surface area (Å²) in [4.78, 5) is 29.5. The van der Waals surface area contributed by atoms with Crippen molar-refractivity contribution in [2.45, 2.75) is 59.2 Å². The van der Waals surface area contributed by atoms with Crippen LogP contribution in [-0.4, -0.2) is 56.6 Å². The summed E-state index contributed by atoms with van der Waals surface area (Å²) < 4.78 is 32.6. The molecule has 0 fully saturated rings. The van der Waals surface area contributed by atoms with E-state index >= 15 is 0 Å². The number of anilines is 1. The lowest BCUT2D eigenvalue weighted by molar-refractivity contribution is -0.140. The number of rotatable bonds is 11. The first-order valence-electron chi connectivity index (χ1n) is 13.5. The van der Waals surface area contributed by atoms with Crippen molar-refractivity contribution in [3.8, 4) is 5.75 Å². The fraction of sp³-hybridized carbons (Fsp3) is 0.375. The maximum Gasteiger partial charge on any atom is 0.244 e. The second kappa shape index (κ2) is 13.2. The Labute approximate surface area is 244 Å². The van der Waals surface area contributed by atoms with Crippen LogP contribution in [0.25, 0.3) is 0 Å². The Morgan fingerprint density at radius 3 is 2.12 bits per heavy atom. The van der Waals surface area contributed by atoms with Crippen LogP contribution >= 0.6 is 0 Å². The van der Waals surface area contributed by atoms with Crippen molar-refractivity contribution in [3.63, 3.8) is 0 Å². The molecule has 0 heterocycles. The van der Waals surface area contributed by atoms with E-state index in [1.54, 1.807) is 18.2 Å². The number of sulfonamides is 1. The number of methoxy groups -OCH3 is 1. The van der Waals surface area contributed by atoms with E-state index in [1.165, 1.54) is 12.0 Å². The van der Waals surface area contributed by atoms with Gasteiger partial charge in [-0.3, -0.25) is 13.9 Å². The van der Waals surface area contributed by atoms with Crippen molar-refractivity contribution in [3.05, 3.63) is 95.1 Å². The van der Waals surface area contributed by atoms with E-state index in [0.29, 0.717) is 5.75 Å². The molecule has 3 rings (SSSR count). The van der Waals surface area contributed by atoms with E-state index < -0.39 is 34.1 Å². The van der Waals surface area contributed by atoms with Crippen molar-refractivity contribution in [1.82, 2.24) is 10.2 Å². The van der Waals surface area contributed by atoms with Crippen LogP contribution in [0.2, 0.25) is 0 Å². The molecule has 1 atom stereocenters. The zero-order valence-electron chi connectivity index (χ0n) is 25.0. The minimum absolute atomic E-state index is 0.123. The van der Waals surface area contributed by atoms with Gasteiger partial charge in [-0.15, -0.1) is 0 Å². The van der Waals surface area contributed by atoms with E-state index in [1.807, 2.05) is 89.2 Å². The molecule has 1 unspecified atom stereocenters. The fourth-order valence-corrected chi connectivity index (χ4v) is 5.45. The quantitative estimate of drug-likeness (QED) is 0.357. The molecule has 0 aliphatic carbocycles. The summed E-state index contributed by atoms with van der Waals surface area (Å²) in [5.41, 5.74) is 3.25. The number of nitrogens with one attached hydrogen (secondary N) is 1. The molecule has 3 aromatic rings. The maximum atomic E-state index is 14.2. The molecular formula is C32H41N3O5S. The minimum Gasteiger partial charge on any atom is -0.495 e. The number of hydrogen-bond acceptors (Lipinski definition) is 5. The smallest absolute Gasteiger partial charge is 0.244 e. The molecule has 0 saturated carbocycles. The summed E-state index contributed by atoms with van der Waals surface area (Å²) in [5, 5.41) is 3.03. The Morgan fingerprint density at radius 1 is 0.902 bits per heavy atom. The van der Waals surface area contributed by atoms with Gasteiger partial charge in [-0.2, -0.15) is 0 Å². The standard InChI is InChI=1S/C32H41N3O5S/c1-23-12-11-15-26(18-23)21-34(28(31(37)33-32(3,4)5)20-25-13-9-8-10-14-25)30(36)22-35(41(7,38)39)27-19-24(2)16-17-29(27)40-6/h8-19,28H,20-22H2,1-7H3,(H,33,37). The summed E-state index contributed by atoms with van der Waals surface area (Å²) in [6, 6.07) is 21.4. The Morgan fingerprint density at radius 2 is 1.54 bits per heavy atom. The van der Waals surface area contributed by atoms with Gasteiger partial charge >= 0.3 is 0 Å². The zero-order valence-corrected chi connectivity index (χ0v) is 25.8. The molecule has 0 aliphatic heterocycles. The monoisotopic (exact) mass is 579 g/mol. The molecule has 220 valence electrons. The summed E-state index contributed by atoms with van der Waals surface area (Å²) in [6.07, 6.45) is 1.31. The Balaban J connectivity index is 2.12. The third-order valence-corrected chi connectivity index (χ3v) is 7.61. The molecule has 0 spiro atoms. The molecule has 1 N–H and O–H groups in total. The van der Waals surface area contributed by atoms with Crippen molar-refractivity contribution in [1.29, 1.82) is 0 Å². The molecular weight excluding hydrogens is 538 g/mol. The van der Waals surface area contributed by atoms with E-state index in [4.69, 9.17) is 4.74 Å². The first kappa shape index (κ1) is 31.7. The molecule has 41 heavy (non-hydrogen) atoms. The van der Waals surface area contributed by atoms with Gasteiger partial charge in [-0.1, -0.05) is 66.2 Å². The topological polar surface area (TPSA) is 96.0 Å². The number of amides is 2. The highest BCUT2D eigenvalue weighted by molar-refractivity contribution is 7.92. The van der Waals surface area contributed by atoms with Crippen molar-refractivity contribution in [2.75, 3.05) is 24.2 Å². The predicted octanol–water partition coefficient (Wildman–Crippen LogP) is 4.63. The number of carbonyl (C=O) groups excluding carboxylic acids is 2. The second-order valence-corrected chi connectivity index (χ2v) is 13.3. The highest BCUT2D eigenvalue weighted by Gasteiger charge is 2.35. The molecule has 0 bridgehead atoms. The normalized spacial score (nSPS) is 12.4. The van der Waals surface area contributed by atoms with Gasteiger partial charge in [0.2, 0.25) is 21.8 Å². The van der Waals surface area contributed by atoms with Crippen LogP contribution in [0.15, 0.2) is 72.8 Å². The second-order valence-electron chi connectivity index (χ2n) is 11.4. The van der Waals surface area contributed by atoms with Crippen LogP contribution in [0.5, 0.6) is 5.75 Å². The van der Waals surface area contributed by atoms with Gasteiger partial charge in [-0.25, -0.2) is 8.42 Å². The number of ether oxygens (including phenoxy) is 1. The predicted molar refractivity (Wildman–Crippen MR) is 163 cm³/mol. The van der Waals surface area contributed by atoms with E-state index in [2.05, 4.69) is 5.32 Å². The molecule has 2 amide bonds. The van der Waals surface area contributed by atoms with Gasteiger partial charge in [0.15, 0.2) is 0 Å². The summed E-state index contributed by atoms with van der Waals surface area (Å²) in [6.45, 7) is 9.06. The molecule has 0 radical (unpaired) electrons. The summed E-state index contributed by atoms with van der Waals surface area (Å²) >= 11 is 0. The lowest BCUT2D eigenvalue weighted by Crippen LogP contribution is -2.56. The van der Waals surface area contributed by atoms with Crippen LogP contribution in [-0.2, 0) is 32.6 Å². The highest BCUT2D eigenvalue weighted by atomic mass is 32.2. The van der Waals surface area contributed by atoms with Crippen LogP contribution in [0.1, 0.15) is 43.0 Å². The van der Waals surface area contributed by atoms with Crippen LogP contribution in [0, 0.1) is 13.8 Å². The molecule has 9 heteroatoms. The van der Waals surface area contributed by atoms with Crippen molar-refractivity contribution in [2.24, 2.45) is 0 Å². The zero-order chi connectivity index (χ0) is 30.4. The van der Waals surface area contributed by atoms with Crippen LogP contribution in [0.4, 0.5) is 5.69 Å². The van der Waals surface area contributed by atoms with E-state index in [0.717, 1.165) is 32.8 Å². The highest BCUT2D eigenvalue weighted by Crippen LogP contribution is 2.31. The van der Waals surface area contributed by atoms with Crippen molar-refractivity contribution >= 4 is 27.5 Å². The first-order valence-corrected chi connectivity index (χ1v) is 15.4. The molecule has 0 saturated heterocycles. The number of nitrogens with zero attached hydrogens (tertiary/aromatic N) is 2. The Bertz CT molecular complexity index is 1470. The van der Waals surface area contributed by atoms with Gasteiger partial charge in [0.05, 0.1) is 19.1 Å². The van der Waals surface area contributed by atoms with E-state index in [9.17, 15) is 18.0 Å². The van der Waals surface area contributed by atoms with Gasteiger partial charge in [-0.05, 0) is 63.4 Å². The van der Waals surface area contributed by atoms with Gasteiger partial charge in [0, 0.05) is 18.5 Å². The van der Waals surface area contributed by atoms with Crippen LogP contribution in [0.3, 0.4) is 0 Å². The van der Waals surface area contributed by atoms with Crippen LogP contribution < -0.4 is 14.4 Å². The lowest BCUT2D eigenvalue weighted by Gasteiger charge is -2.35. The largest absolute Gasteiger partial charge is 0.495 e. The van der Waals surface area contributed by atoms with Gasteiger partial charge < -0.3 is 15.0 Å². The average Bonchev–Trinajstić information content (AvgIpc) is 2.88. The number of carbonyl (C=O) groups is 2. The Kier molecular flexibility index (Phi) is 10.2. The third-order valence-electron chi connectivity index (χ3n) is 6.49.